The van der Waals surface area contributed by atoms with Crippen LogP contribution in [0.1, 0.15) is 10.4 Å². The van der Waals surface area contributed by atoms with E-state index >= 15 is 0 Å². The number of carbonyl (C=O) groups is 2. The van der Waals surface area contributed by atoms with E-state index in [-0.39, 0.29) is 11.7 Å². The molecule has 1 fully saturated rings. The van der Waals surface area contributed by atoms with E-state index in [4.69, 9.17) is 4.74 Å². The molecule has 0 saturated carbocycles. The summed E-state index contributed by atoms with van der Waals surface area (Å²) in [4.78, 5) is 26.5. The molecule has 1 N–H and O–H groups in total. The van der Waals surface area contributed by atoms with Gasteiger partial charge in [0.1, 0.15) is 11.4 Å². The SMILES string of the molecule is C=CCN1C(=O)CS/C1=N/NC(=O)c1cn(-c2ccccc2)nc1-c1ccc(OC)cc1. The highest BCUT2D eigenvalue weighted by molar-refractivity contribution is 8.15. The fourth-order valence-electron chi connectivity index (χ4n) is 3.16. The average Bonchev–Trinajstić information content (AvgIpc) is 3.43. The fraction of sp³-hybridized carbons (Fsp3) is 0.130. The summed E-state index contributed by atoms with van der Waals surface area (Å²) in [6.07, 6.45) is 3.28. The van der Waals surface area contributed by atoms with Gasteiger partial charge < -0.3 is 4.74 Å². The zero-order chi connectivity index (χ0) is 22.5. The molecule has 2 heterocycles. The monoisotopic (exact) mass is 447 g/mol. The lowest BCUT2D eigenvalue weighted by Crippen LogP contribution is -2.31. The second-order valence-corrected chi connectivity index (χ2v) is 7.76. The molecule has 0 atom stereocenters. The number of nitrogens with zero attached hydrogens (tertiary/aromatic N) is 4. The smallest absolute Gasteiger partial charge is 0.275 e. The summed E-state index contributed by atoms with van der Waals surface area (Å²) >= 11 is 1.27. The first-order valence-corrected chi connectivity index (χ1v) is 10.8. The van der Waals surface area contributed by atoms with Gasteiger partial charge in [-0.2, -0.15) is 5.10 Å². The normalized spacial score (nSPS) is 14.6. The zero-order valence-corrected chi connectivity index (χ0v) is 18.2. The first kappa shape index (κ1) is 21.4. The van der Waals surface area contributed by atoms with E-state index in [0.29, 0.717) is 28.7 Å². The third-order valence-corrected chi connectivity index (χ3v) is 5.73. The number of hydrogen-bond acceptors (Lipinski definition) is 6. The number of para-hydroxylation sites is 1. The van der Waals surface area contributed by atoms with Gasteiger partial charge in [-0.15, -0.1) is 11.7 Å². The maximum Gasteiger partial charge on any atom is 0.275 e. The van der Waals surface area contributed by atoms with E-state index in [9.17, 15) is 9.59 Å². The number of hydrazone groups is 1. The molecule has 0 bridgehead atoms. The number of aromatic nitrogens is 2. The summed E-state index contributed by atoms with van der Waals surface area (Å²) in [5.41, 5.74) is 5.01. The van der Waals surface area contributed by atoms with E-state index in [1.807, 2.05) is 54.6 Å². The van der Waals surface area contributed by atoms with E-state index in [0.717, 1.165) is 11.3 Å². The number of amides is 2. The van der Waals surface area contributed by atoms with Gasteiger partial charge in [0.25, 0.3) is 5.91 Å². The van der Waals surface area contributed by atoms with E-state index < -0.39 is 5.91 Å². The summed E-state index contributed by atoms with van der Waals surface area (Å²) in [7, 11) is 1.60. The fourth-order valence-corrected chi connectivity index (χ4v) is 4.02. The topological polar surface area (TPSA) is 88.8 Å². The first-order valence-electron chi connectivity index (χ1n) is 9.82. The number of rotatable bonds is 7. The quantitative estimate of drug-likeness (QED) is 0.443. The second-order valence-electron chi connectivity index (χ2n) is 6.82. The van der Waals surface area contributed by atoms with Crippen LogP contribution in [0.2, 0.25) is 0 Å². The molecule has 0 spiro atoms. The highest BCUT2D eigenvalue weighted by Crippen LogP contribution is 2.26. The molecule has 2 aromatic carbocycles. The third-order valence-electron chi connectivity index (χ3n) is 4.76. The van der Waals surface area contributed by atoms with Crippen LogP contribution >= 0.6 is 11.8 Å². The number of carbonyl (C=O) groups excluding carboxylic acids is 2. The summed E-state index contributed by atoms with van der Waals surface area (Å²) in [5.74, 6) is 0.493. The van der Waals surface area contributed by atoms with Crippen LogP contribution in [0.3, 0.4) is 0 Å². The molecule has 4 rings (SSSR count). The van der Waals surface area contributed by atoms with Gasteiger partial charge in [0, 0.05) is 18.3 Å². The van der Waals surface area contributed by atoms with Gasteiger partial charge in [0.2, 0.25) is 5.91 Å². The molecule has 1 aliphatic rings. The van der Waals surface area contributed by atoms with Gasteiger partial charge in [0.05, 0.1) is 24.1 Å². The Kier molecular flexibility index (Phi) is 6.37. The molecule has 9 heteroatoms. The molecule has 1 aliphatic heterocycles. The van der Waals surface area contributed by atoms with Crippen molar-refractivity contribution in [3.63, 3.8) is 0 Å². The second kappa shape index (κ2) is 9.52. The highest BCUT2D eigenvalue weighted by Gasteiger charge is 2.28. The largest absolute Gasteiger partial charge is 0.497 e. The number of thioether (sulfide) groups is 1. The van der Waals surface area contributed by atoms with Crippen molar-refractivity contribution >= 4 is 28.7 Å². The minimum atomic E-state index is -0.427. The molecule has 2 amide bonds. The lowest BCUT2D eigenvalue weighted by Gasteiger charge is -2.12. The van der Waals surface area contributed by atoms with Crippen molar-refractivity contribution in [2.45, 2.75) is 0 Å². The summed E-state index contributed by atoms with van der Waals surface area (Å²) in [6, 6.07) is 16.8. The minimum Gasteiger partial charge on any atom is -0.497 e. The Balaban J connectivity index is 1.67. The molecule has 1 saturated heterocycles. The van der Waals surface area contributed by atoms with Gasteiger partial charge in [-0.05, 0) is 36.4 Å². The Bertz CT molecular complexity index is 1170. The van der Waals surface area contributed by atoms with Crippen molar-refractivity contribution < 1.29 is 14.3 Å². The van der Waals surface area contributed by atoms with E-state index in [2.05, 4.69) is 22.2 Å². The molecular formula is C23H21N5O3S. The molecule has 0 aliphatic carbocycles. The number of nitrogens with one attached hydrogen (secondary N) is 1. The van der Waals surface area contributed by atoms with Crippen molar-refractivity contribution in [1.82, 2.24) is 20.1 Å². The molecule has 1 aromatic heterocycles. The van der Waals surface area contributed by atoms with Gasteiger partial charge in [-0.3, -0.25) is 14.5 Å². The Morgan fingerprint density at radius 2 is 2.00 bits per heavy atom. The van der Waals surface area contributed by atoms with Gasteiger partial charge >= 0.3 is 0 Å². The summed E-state index contributed by atoms with van der Waals surface area (Å²) in [5, 5.41) is 9.26. The summed E-state index contributed by atoms with van der Waals surface area (Å²) in [6.45, 7) is 4.00. The highest BCUT2D eigenvalue weighted by atomic mass is 32.2. The number of benzene rings is 2. The van der Waals surface area contributed by atoms with E-state index in [1.54, 1.807) is 24.1 Å². The van der Waals surface area contributed by atoms with Crippen LogP contribution in [-0.2, 0) is 4.79 Å². The Labute approximate surface area is 189 Å². The van der Waals surface area contributed by atoms with Gasteiger partial charge in [-0.1, -0.05) is 36.0 Å². The molecule has 0 unspecified atom stereocenters. The van der Waals surface area contributed by atoms with Crippen LogP contribution in [0.4, 0.5) is 0 Å². The van der Waals surface area contributed by atoms with Crippen LogP contribution in [0, 0.1) is 0 Å². The standard InChI is InChI=1S/C23H21N5O3S/c1-3-13-27-20(29)15-32-23(27)25-24-22(30)19-14-28(17-7-5-4-6-8-17)26-21(19)16-9-11-18(31-2)12-10-16/h3-12,14H,1,13,15H2,2H3,(H,24,30)/b25-23+. The van der Waals surface area contributed by atoms with Crippen LogP contribution in [0.5, 0.6) is 5.75 Å². The number of hydrogen-bond donors (Lipinski definition) is 1. The van der Waals surface area contributed by atoms with Crippen LogP contribution in [-0.4, -0.2) is 51.1 Å². The van der Waals surface area contributed by atoms with Crippen LogP contribution in [0.15, 0.2) is 78.6 Å². The van der Waals surface area contributed by atoms with E-state index in [1.165, 1.54) is 16.7 Å². The Morgan fingerprint density at radius 3 is 2.69 bits per heavy atom. The molecule has 8 nitrogen and oxygen atoms in total. The van der Waals surface area contributed by atoms with Crippen molar-refractivity contribution in [3.8, 4) is 22.7 Å². The molecule has 32 heavy (non-hydrogen) atoms. The number of methoxy groups -OCH3 is 1. The predicted molar refractivity (Wildman–Crippen MR) is 125 cm³/mol. The van der Waals surface area contributed by atoms with Crippen molar-refractivity contribution in [2.24, 2.45) is 5.10 Å². The summed E-state index contributed by atoms with van der Waals surface area (Å²) < 4.78 is 6.88. The number of amidine groups is 1. The van der Waals surface area contributed by atoms with Gasteiger partial charge in [-0.25, -0.2) is 10.1 Å². The lowest BCUT2D eigenvalue weighted by molar-refractivity contribution is -0.123. The third kappa shape index (κ3) is 4.42. The van der Waals surface area contributed by atoms with Crippen molar-refractivity contribution in [3.05, 3.63) is 79.0 Å². The Hall–Kier alpha value is -3.85. The molecule has 3 aromatic rings. The maximum absolute atomic E-state index is 13.1. The average molecular weight is 448 g/mol. The minimum absolute atomic E-state index is 0.0706. The zero-order valence-electron chi connectivity index (χ0n) is 17.4. The predicted octanol–water partition coefficient (Wildman–Crippen LogP) is 3.31. The number of ether oxygens (including phenoxy) is 1. The van der Waals surface area contributed by atoms with Crippen LogP contribution < -0.4 is 10.2 Å². The first-order chi connectivity index (χ1) is 15.6. The Morgan fingerprint density at radius 1 is 1.25 bits per heavy atom. The molecular weight excluding hydrogens is 426 g/mol. The molecule has 0 radical (unpaired) electrons. The van der Waals surface area contributed by atoms with Crippen molar-refractivity contribution in [2.75, 3.05) is 19.4 Å². The lowest BCUT2D eigenvalue weighted by atomic mass is 10.1. The molecule has 162 valence electrons. The van der Waals surface area contributed by atoms with Crippen LogP contribution in [0.25, 0.3) is 16.9 Å². The van der Waals surface area contributed by atoms with Gasteiger partial charge in [0.15, 0.2) is 5.17 Å². The van der Waals surface area contributed by atoms with Crippen molar-refractivity contribution in [1.29, 1.82) is 0 Å². The maximum atomic E-state index is 13.1.